The molecule has 0 spiro atoms. The van der Waals surface area contributed by atoms with Crippen LogP contribution in [0, 0.1) is 0 Å². The van der Waals surface area contributed by atoms with Crippen molar-refractivity contribution in [1.82, 2.24) is 10.2 Å². The second-order valence-electron chi connectivity index (χ2n) is 11.1. The summed E-state index contributed by atoms with van der Waals surface area (Å²) in [5, 5.41) is 3.44. The van der Waals surface area contributed by atoms with E-state index in [0.29, 0.717) is 28.5 Å². The summed E-state index contributed by atoms with van der Waals surface area (Å²) in [7, 11) is -1.23. The molecule has 0 unspecified atom stereocenters. The third-order valence-electron chi connectivity index (χ3n) is 7.80. The van der Waals surface area contributed by atoms with Crippen LogP contribution in [0.15, 0.2) is 108 Å². The van der Waals surface area contributed by atoms with Gasteiger partial charge in [0.1, 0.15) is 24.1 Å². The van der Waals surface area contributed by atoms with Crippen LogP contribution in [-0.4, -0.2) is 58.0 Å². The zero-order valence-electron chi connectivity index (χ0n) is 26.9. The van der Waals surface area contributed by atoms with Gasteiger partial charge in [-0.15, -0.1) is 0 Å². The first-order chi connectivity index (χ1) is 22.5. The number of sulfonamides is 1. The van der Waals surface area contributed by atoms with E-state index in [2.05, 4.69) is 5.32 Å². The fourth-order valence-corrected chi connectivity index (χ4v) is 6.51. The van der Waals surface area contributed by atoms with Crippen molar-refractivity contribution >= 4 is 39.1 Å². The number of rotatable bonds is 15. The Labute approximate surface area is 282 Å². The molecule has 2 atom stereocenters. The molecular formula is C36H40ClN3O6S. The molecule has 0 saturated carbocycles. The van der Waals surface area contributed by atoms with Crippen molar-refractivity contribution in [3.63, 3.8) is 0 Å². The fraction of sp³-hybridized carbons (Fsp3) is 0.278. The Morgan fingerprint density at radius 3 is 2.09 bits per heavy atom. The standard InChI is InChI=1S/C36H40ClN3O6S/c1-5-26(2)38-36(42)34(23-27-10-7-6-8-11-27)39(24-28-12-9-13-32(22-28)46-4)35(41)25-40(30-16-14-29(37)15-17-30)47(43,44)33-20-18-31(45-3)19-21-33/h6-22,26,34H,5,23-25H2,1-4H3,(H,38,42)/t26-,34-/m0/s1. The Morgan fingerprint density at radius 2 is 1.47 bits per heavy atom. The van der Waals surface area contributed by atoms with Crippen LogP contribution in [0.4, 0.5) is 5.69 Å². The van der Waals surface area contributed by atoms with Gasteiger partial charge in [0.15, 0.2) is 0 Å². The number of amides is 2. The van der Waals surface area contributed by atoms with E-state index in [0.717, 1.165) is 9.87 Å². The molecule has 4 aromatic rings. The van der Waals surface area contributed by atoms with Crippen LogP contribution < -0.4 is 19.1 Å². The van der Waals surface area contributed by atoms with Crippen molar-refractivity contribution in [2.45, 2.75) is 50.2 Å². The van der Waals surface area contributed by atoms with E-state index < -0.39 is 28.5 Å². The quantitative estimate of drug-likeness (QED) is 0.163. The lowest BCUT2D eigenvalue weighted by atomic mass is 10.0. The topological polar surface area (TPSA) is 105 Å². The minimum absolute atomic E-state index is 0.0263. The van der Waals surface area contributed by atoms with E-state index in [4.69, 9.17) is 21.1 Å². The van der Waals surface area contributed by atoms with Crippen molar-refractivity contribution < 1.29 is 27.5 Å². The van der Waals surface area contributed by atoms with Crippen molar-refractivity contribution in [1.29, 1.82) is 0 Å². The van der Waals surface area contributed by atoms with Gasteiger partial charge in [0.2, 0.25) is 11.8 Å². The maximum absolute atomic E-state index is 14.6. The number of carbonyl (C=O) groups is 2. The number of methoxy groups -OCH3 is 2. The van der Waals surface area contributed by atoms with Crippen molar-refractivity contribution in [2.24, 2.45) is 0 Å². The van der Waals surface area contributed by atoms with E-state index in [-0.39, 0.29) is 35.5 Å². The van der Waals surface area contributed by atoms with Gasteiger partial charge in [-0.3, -0.25) is 13.9 Å². The van der Waals surface area contributed by atoms with Gasteiger partial charge in [-0.25, -0.2) is 8.42 Å². The van der Waals surface area contributed by atoms with E-state index in [1.165, 1.54) is 24.1 Å². The predicted octanol–water partition coefficient (Wildman–Crippen LogP) is 6.11. The highest BCUT2D eigenvalue weighted by Gasteiger charge is 2.35. The molecule has 9 nitrogen and oxygen atoms in total. The number of carbonyl (C=O) groups excluding carboxylic acids is 2. The van der Waals surface area contributed by atoms with Gasteiger partial charge in [-0.05, 0) is 85.1 Å². The second-order valence-corrected chi connectivity index (χ2v) is 13.4. The molecule has 2 amide bonds. The van der Waals surface area contributed by atoms with Crippen LogP contribution in [0.2, 0.25) is 5.02 Å². The Hall–Kier alpha value is -4.54. The van der Waals surface area contributed by atoms with E-state index >= 15 is 0 Å². The summed E-state index contributed by atoms with van der Waals surface area (Å²) in [6.45, 7) is 3.31. The molecule has 248 valence electrons. The molecule has 1 N–H and O–H groups in total. The maximum Gasteiger partial charge on any atom is 0.264 e. The summed E-state index contributed by atoms with van der Waals surface area (Å²) in [5.74, 6) is 0.164. The summed E-state index contributed by atoms with van der Waals surface area (Å²) in [5.41, 5.74) is 1.80. The SMILES string of the molecule is CC[C@H](C)NC(=O)[C@H](Cc1ccccc1)N(Cc1cccc(OC)c1)C(=O)CN(c1ccc(Cl)cc1)S(=O)(=O)c1ccc(OC)cc1. The largest absolute Gasteiger partial charge is 0.497 e. The summed E-state index contributed by atoms with van der Waals surface area (Å²) >= 11 is 6.15. The zero-order valence-corrected chi connectivity index (χ0v) is 28.5. The van der Waals surface area contributed by atoms with E-state index in [9.17, 15) is 18.0 Å². The van der Waals surface area contributed by atoms with Crippen molar-refractivity contribution in [2.75, 3.05) is 25.1 Å². The first kappa shape index (κ1) is 35.3. The minimum atomic E-state index is -4.27. The smallest absolute Gasteiger partial charge is 0.264 e. The number of nitrogens with zero attached hydrogens (tertiary/aromatic N) is 2. The summed E-state index contributed by atoms with van der Waals surface area (Å²) in [6, 6.07) is 27.7. The number of halogens is 1. The highest BCUT2D eigenvalue weighted by molar-refractivity contribution is 7.92. The molecular weight excluding hydrogens is 638 g/mol. The molecule has 0 aliphatic carbocycles. The van der Waals surface area contributed by atoms with Gasteiger partial charge >= 0.3 is 0 Å². The van der Waals surface area contributed by atoms with Crippen molar-refractivity contribution in [3.8, 4) is 11.5 Å². The summed E-state index contributed by atoms with van der Waals surface area (Å²) < 4.78 is 40.0. The summed E-state index contributed by atoms with van der Waals surface area (Å²) in [6.07, 6.45) is 0.906. The first-order valence-corrected chi connectivity index (χ1v) is 17.1. The highest BCUT2D eigenvalue weighted by Crippen LogP contribution is 2.28. The lowest BCUT2D eigenvalue weighted by Gasteiger charge is -2.34. The van der Waals surface area contributed by atoms with Crippen LogP contribution in [0.5, 0.6) is 11.5 Å². The van der Waals surface area contributed by atoms with Gasteiger partial charge in [-0.2, -0.15) is 0 Å². The van der Waals surface area contributed by atoms with Gasteiger partial charge in [0.05, 0.1) is 24.8 Å². The molecule has 0 aliphatic heterocycles. The minimum Gasteiger partial charge on any atom is -0.497 e. The molecule has 0 aromatic heterocycles. The van der Waals surface area contributed by atoms with Gasteiger partial charge in [0, 0.05) is 24.0 Å². The zero-order chi connectivity index (χ0) is 34.0. The predicted molar refractivity (Wildman–Crippen MR) is 184 cm³/mol. The molecule has 0 bridgehead atoms. The molecule has 0 saturated heterocycles. The third-order valence-corrected chi connectivity index (χ3v) is 9.84. The lowest BCUT2D eigenvalue weighted by Crippen LogP contribution is -2.54. The molecule has 0 heterocycles. The summed E-state index contributed by atoms with van der Waals surface area (Å²) in [4.78, 5) is 30.0. The average molecular weight is 678 g/mol. The number of benzene rings is 4. The lowest BCUT2D eigenvalue weighted by molar-refractivity contribution is -0.140. The molecule has 4 aromatic carbocycles. The number of anilines is 1. The molecule has 0 aliphatic rings. The number of nitrogens with one attached hydrogen (secondary N) is 1. The Balaban J connectivity index is 1.81. The highest BCUT2D eigenvalue weighted by atomic mass is 35.5. The monoisotopic (exact) mass is 677 g/mol. The molecule has 0 fully saturated rings. The molecule has 11 heteroatoms. The molecule has 47 heavy (non-hydrogen) atoms. The number of hydrogen-bond acceptors (Lipinski definition) is 6. The second kappa shape index (κ2) is 16.3. The van der Waals surface area contributed by atoms with Crippen molar-refractivity contribution in [3.05, 3.63) is 119 Å². The first-order valence-electron chi connectivity index (χ1n) is 15.2. The average Bonchev–Trinajstić information content (AvgIpc) is 3.09. The van der Waals surface area contributed by atoms with Crippen LogP contribution in [0.1, 0.15) is 31.4 Å². The van der Waals surface area contributed by atoms with Gasteiger partial charge in [-0.1, -0.05) is 61.0 Å². The fourth-order valence-electron chi connectivity index (χ4n) is 4.97. The number of ether oxygens (including phenoxy) is 2. The Kier molecular flexibility index (Phi) is 12.3. The van der Waals surface area contributed by atoms with Crippen LogP contribution >= 0.6 is 11.6 Å². The third kappa shape index (κ3) is 9.27. The van der Waals surface area contributed by atoms with Gasteiger partial charge in [0.25, 0.3) is 10.0 Å². The maximum atomic E-state index is 14.6. The Bertz CT molecular complexity index is 1740. The molecule has 0 radical (unpaired) electrons. The molecule has 4 rings (SSSR count). The van der Waals surface area contributed by atoms with E-state index in [1.54, 1.807) is 61.7 Å². The van der Waals surface area contributed by atoms with Crippen LogP contribution in [-0.2, 0) is 32.6 Å². The van der Waals surface area contributed by atoms with Crippen LogP contribution in [0.3, 0.4) is 0 Å². The van der Waals surface area contributed by atoms with Crippen LogP contribution in [0.25, 0.3) is 0 Å². The number of hydrogen-bond donors (Lipinski definition) is 1. The van der Waals surface area contributed by atoms with E-state index in [1.807, 2.05) is 50.2 Å². The normalized spacial score (nSPS) is 12.4. The van der Waals surface area contributed by atoms with Gasteiger partial charge < -0.3 is 19.7 Å². The Morgan fingerprint density at radius 1 is 0.830 bits per heavy atom.